The quantitative estimate of drug-likeness (QED) is 0.189. The van der Waals surface area contributed by atoms with Crippen LogP contribution in [0, 0.1) is 13.8 Å². The first-order chi connectivity index (χ1) is 25.0. The van der Waals surface area contributed by atoms with Gasteiger partial charge in [-0.15, -0.1) is 0 Å². The van der Waals surface area contributed by atoms with Gasteiger partial charge in [0.05, 0.1) is 39.2 Å². The van der Waals surface area contributed by atoms with E-state index < -0.39 is 10.8 Å². The molecule has 2 aliphatic heterocycles. The lowest BCUT2D eigenvalue weighted by Crippen LogP contribution is -2.41. The Morgan fingerprint density at radius 1 is 0.608 bits per heavy atom. The largest absolute Gasteiger partial charge is 0.308 e. The van der Waals surface area contributed by atoms with Crippen molar-refractivity contribution in [2.24, 2.45) is 0 Å². The highest BCUT2D eigenvalue weighted by atomic mass is 15.0. The van der Waals surface area contributed by atoms with Crippen molar-refractivity contribution in [3.05, 3.63) is 183 Å². The zero-order valence-electron chi connectivity index (χ0n) is 29.1. The summed E-state index contributed by atoms with van der Waals surface area (Å²) in [5, 5.41) is 2.54. The summed E-state index contributed by atoms with van der Waals surface area (Å²) in [5.74, 6) is 0.322. The fourth-order valence-electron chi connectivity index (χ4n) is 10.0. The summed E-state index contributed by atoms with van der Waals surface area (Å²) in [6, 6.07) is 34.0. The molecule has 51 heavy (non-hydrogen) atoms. The van der Waals surface area contributed by atoms with Crippen molar-refractivity contribution in [3.8, 4) is 16.9 Å². The number of aromatic nitrogens is 5. The molecule has 0 saturated carbocycles. The van der Waals surface area contributed by atoms with Crippen LogP contribution in [0.25, 0.3) is 38.8 Å². The average molecular weight is 658 g/mol. The average Bonchev–Trinajstić information content (AvgIpc) is 3.65. The third-order valence-electron chi connectivity index (χ3n) is 12.2. The molecule has 0 bridgehead atoms. The molecule has 2 atom stereocenters. The van der Waals surface area contributed by atoms with Crippen LogP contribution in [0.5, 0.6) is 0 Å². The molecule has 11 rings (SSSR count). The number of benzene rings is 3. The Kier molecular flexibility index (Phi) is 5.57. The van der Waals surface area contributed by atoms with E-state index in [1.165, 1.54) is 77.6 Å². The highest BCUT2D eigenvalue weighted by Gasteiger charge is 2.56. The molecule has 0 radical (unpaired) electrons. The minimum absolute atomic E-state index is 0.322. The molecule has 1 aliphatic carbocycles. The van der Waals surface area contributed by atoms with Gasteiger partial charge in [0.25, 0.3) is 0 Å². The fraction of sp³-hybridized carbons (Fsp3) is 0.174. The van der Waals surface area contributed by atoms with E-state index in [2.05, 4.69) is 116 Å². The van der Waals surface area contributed by atoms with E-state index in [4.69, 9.17) is 15.0 Å². The third kappa shape index (κ3) is 3.28. The summed E-state index contributed by atoms with van der Waals surface area (Å²) >= 11 is 0. The second kappa shape index (κ2) is 9.85. The summed E-state index contributed by atoms with van der Waals surface area (Å²) in [6.07, 6.45) is 10.8. The van der Waals surface area contributed by atoms with Crippen molar-refractivity contribution in [2.45, 2.75) is 50.9 Å². The number of aryl methyl sites for hydroxylation is 2. The molecule has 0 N–H and O–H groups in total. The fourth-order valence-corrected chi connectivity index (χ4v) is 10.0. The molecule has 5 aromatic heterocycles. The van der Waals surface area contributed by atoms with Crippen molar-refractivity contribution in [1.82, 2.24) is 24.5 Å². The first-order valence-electron chi connectivity index (χ1n) is 18.0. The lowest BCUT2D eigenvalue weighted by Gasteiger charge is -2.46. The summed E-state index contributed by atoms with van der Waals surface area (Å²) in [7, 11) is 0. The van der Waals surface area contributed by atoms with Gasteiger partial charge < -0.3 is 4.57 Å². The smallest absolute Gasteiger partial charge is 0.109 e. The van der Waals surface area contributed by atoms with Crippen molar-refractivity contribution in [1.29, 1.82) is 0 Å². The molecule has 0 saturated heterocycles. The second-order valence-corrected chi connectivity index (χ2v) is 14.8. The van der Waals surface area contributed by atoms with Crippen molar-refractivity contribution in [3.63, 3.8) is 0 Å². The van der Waals surface area contributed by atoms with Gasteiger partial charge in [-0.25, -0.2) is 0 Å². The summed E-state index contributed by atoms with van der Waals surface area (Å²) < 4.78 is 2.61. The van der Waals surface area contributed by atoms with Gasteiger partial charge >= 0.3 is 0 Å². The van der Waals surface area contributed by atoms with Gasteiger partial charge in [-0.2, -0.15) is 0 Å². The van der Waals surface area contributed by atoms with Crippen molar-refractivity contribution in [2.75, 3.05) is 0 Å². The van der Waals surface area contributed by atoms with E-state index in [0.29, 0.717) is 5.92 Å². The van der Waals surface area contributed by atoms with Gasteiger partial charge in [0, 0.05) is 47.3 Å². The minimum Gasteiger partial charge on any atom is -0.308 e. The predicted molar refractivity (Wildman–Crippen MR) is 203 cm³/mol. The van der Waals surface area contributed by atoms with Crippen LogP contribution >= 0.6 is 0 Å². The van der Waals surface area contributed by atoms with Crippen molar-refractivity contribution < 1.29 is 0 Å². The van der Waals surface area contributed by atoms with Crippen LogP contribution in [0.2, 0.25) is 0 Å². The molecule has 3 aliphatic rings. The SMILES string of the molecule is CCC(C)c1cc2c3c(c1)C1(c4ccncc4-c4ncccc41)c1cc(C)cc4c5cc(C)cc(c5n-3c14)C2(c1ccccn1)c1ccccn1. The molecular weight excluding hydrogens is 623 g/mol. The van der Waals surface area contributed by atoms with E-state index in [9.17, 15) is 0 Å². The number of hydrogen-bond donors (Lipinski definition) is 0. The molecule has 8 aromatic rings. The Balaban J connectivity index is 1.49. The highest BCUT2D eigenvalue weighted by Crippen LogP contribution is 2.65. The van der Waals surface area contributed by atoms with Gasteiger partial charge in [0.1, 0.15) is 5.41 Å². The Bertz CT molecular complexity index is 2600. The zero-order valence-corrected chi connectivity index (χ0v) is 29.1. The van der Waals surface area contributed by atoms with Crippen LogP contribution < -0.4 is 0 Å². The lowest BCUT2D eigenvalue weighted by molar-refractivity contribution is 0.647. The summed E-state index contributed by atoms with van der Waals surface area (Å²) in [4.78, 5) is 20.2. The maximum Gasteiger partial charge on any atom is 0.109 e. The van der Waals surface area contributed by atoms with Gasteiger partial charge in [0.15, 0.2) is 0 Å². The van der Waals surface area contributed by atoms with Gasteiger partial charge in [-0.05, 0) is 114 Å². The van der Waals surface area contributed by atoms with Crippen LogP contribution in [0.15, 0.2) is 122 Å². The lowest BCUT2D eigenvalue weighted by atomic mass is 9.60. The molecule has 1 spiro atoms. The Morgan fingerprint density at radius 3 is 1.86 bits per heavy atom. The van der Waals surface area contributed by atoms with Gasteiger partial charge in [0.2, 0.25) is 0 Å². The Morgan fingerprint density at radius 2 is 1.24 bits per heavy atom. The molecule has 0 amide bonds. The van der Waals surface area contributed by atoms with E-state index in [1.807, 2.05) is 43.1 Å². The number of rotatable bonds is 4. The summed E-state index contributed by atoms with van der Waals surface area (Å²) in [5.41, 5.74) is 17.7. The molecule has 0 fully saturated rings. The number of fused-ring (bicyclic) bond motifs is 8. The Labute approximate surface area is 296 Å². The number of hydrogen-bond acceptors (Lipinski definition) is 4. The zero-order chi connectivity index (χ0) is 34.2. The van der Waals surface area contributed by atoms with E-state index >= 15 is 0 Å². The van der Waals surface area contributed by atoms with Crippen LogP contribution in [-0.4, -0.2) is 24.5 Å². The number of pyridine rings is 4. The molecule has 5 nitrogen and oxygen atoms in total. The third-order valence-corrected chi connectivity index (χ3v) is 12.2. The van der Waals surface area contributed by atoms with Crippen LogP contribution in [0.3, 0.4) is 0 Å². The van der Waals surface area contributed by atoms with Crippen LogP contribution in [0.4, 0.5) is 0 Å². The molecular formula is C46H35N5. The predicted octanol–water partition coefficient (Wildman–Crippen LogP) is 9.87. The highest BCUT2D eigenvalue weighted by molar-refractivity contribution is 6.16. The molecule has 7 heterocycles. The van der Waals surface area contributed by atoms with Crippen molar-refractivity contribution >= 4 is 21.8 Å². The first kappa shape index (κ1) is 28.9. The number of nitrogens with zero attached hydrogens (tertiary/aromatic N) is 5. The molecule has 5 heteroatoms. The van der Waals surface area contributed by atoms with E-state index in [-0.39, 0.29) is 0 Å². The molecule has 3 aromatic carbocycles. The maximum absolute atomic E-state index is 5.24. The van der Waals surface area contributed by atoms with Crippen LogP contribution in [0.1, 0.15) is 87.6 Å². The Hall–Kier alpha value is -5.94. The standard InChI is InChI=1S/C46H35N5/c1-5-28(4)29-23-37-44-38(24-29)46(39-12-6-8-15-48-39,40-13-7-9-16-49-40)36-22-27(3)20-31-30-19-26(2)21-35(42(30)51(44)43(31)36)45(37)33-14-18-47-25-32(33)41-34(45)11-10-17-50-41/h6-25,28H,5H2,1-4H3. The maximum atomic E-state index is 5.24. The monoisotopic (exact) mass is 657 g/mol. The topological polar surface area (TPSA) is 56.5 Å². The van der Waals surface area contributed by atoms with Gasteiger partial charge in [-0.1, -0.05) is 67.4 Å². The van der Waals surface area contributed by atoms with E-state index in [1.54, 1.807) is 0 Å². The minimum atomic E-state index is -0.782. The van der Waals surface area contributed by atoms with Crippen LogP contribution in [-0.2, 0) is 10.8 Å². The van der Waals surface area contributed by atoms with E-state index in [0.717, 1.165) is 29.1 Å². The second-order valence-electron chi connectivity index (χ2n) is 14.8. The summed E-state index contributed by atoms with van der Waals surface area (Å²) in [6.45, 7) is 9.14. The molecule has 2 unspecified atom stereocenters. The molecule has 244 valence electrons. The first-order valence-corrected chi connectivity index (χ1v) is 18.0. The normalized spacial score (nSPS) is 17.6. The van der Waals surface area contributed by atoms with Gasteiger partial charge in [-0.3, -0.25) is 19.9 Å².